The van der Waals surface area contributed by atoms with Crippen molar-refractivity contribution in [2.75, 3.05) is 6.54 Å². The van der Waals surface area contributed by atoms with Crippen LogP contribution in [0.3, 0.4) is 0 Å². The number of unbranched alkanes of at least 4 members (excludes halogenated alkanes) is 1. The molecule has 0 unspecified atom stereocenters. The zero-order valence-electron chi connectivity index (χ0n) is 19.0. The summed E-state index contributed by atoms with van der Waals surface area (Å²) in [5, 5.41) is 2.20. The van der Waals surface area contributed by atoms with Crippen LogP contribution in [-0.2, 0) is 0 Å². The summed E-state index contributed by atoms with van der Waals surface area (Å²) in [5.41, 5.74) is 1.05. The molecule has 0 aliphatic carbocycles. The molecule has 0 amide bonds. The Balaban J connectivity index is 0.000000442. The number of quaternary nitrogens is 1. The molecular weight excluding hydrogens is 409 g/mol. The second-order valence-corrected chi connectivity index (χ2v) is 7.23. The van der Waals surface area contributed by atoms with Crippen molar-refractivity contribution in [1.29, 1.82) is 0 Å². The van der Waals surface area contributed by atoms with Gasteiger partial charge in [0.15, 0.2) is 11.4 Å². The highest BCUT2D eigenvalue weighted by atomic mass is 16.7. The third-order valence-electron chi connectivity index (χ3n) is 4.62. The van der Waals surface area contributed by atoms with Crippen LogP contribution in [0, 0.1) is 6.07 Å². The number of hydrogen-bond donors (Lipinski definition) is 1. The van der Waals surface area contributed by atoms with Gasteiger partial charge in [0.1, 0.15) is 11.5 Å². The molecule has 0 aliphatic rings. The van der Waals surface area contributed by atoms with Crippen LogP contribution in [0.25, 0.3) is 0 Å². The number of benzene rings is 4. The van der Waals surface area contributed by atoms with Gasteiger partial charge >= 0.3 is 7.32 Å². The van der Waals surface area contributed by atoms with E-state index >= 15 is 0 Å². The molecule has 0 saturated heterocycles. The fraction of sp³-hybridized carbons (Fsp3) is 0.143. The van der Waals surface area contributed by atoms with Gasteiger partial charge in [-0.15, -0.1) is 0 Å². The van der Waals surface area contributed by atoms with Crippen LogP contribution >= 0.6 is 0 Å². The van der Waals surface area contributed by atoms with Gasteiger partial charge in [0.2, 0.25) is 0 Å². The van der Waals surface area contributed by atoms with Crippen molar-refractivity contribution in [3.05, 3.63) is 121 Å². The van der Waals surface area contributed by atoms with E-state index in [1.807, 2.05) is 115 Å². The van der Waals surface area contributed by atoms with Crippen LogP contribution in [0.4, 0.5) is 5.69 Å². The van der Waals surface area contributed by atoms with Crippen LogP contribution in [0.1, 0.15) is 19.8 Å². The Morgan fingerprint density at radius 1 is 0.667 bits per heavy atom. The lowest BCUT2D eigenvalue weighted by atomic mass is 10.1. The van der Waals surface area contributed by atoms with E-state index in [0.717, 1.165) is 30.8 Å². The van der Waals surface area contributed by atoms with Crippen molar-refractivity contribution in [1.82, 2.24) is 0 Å². The predicted octanol–water partition coefficient (Wildman–Crippen LogP) is 5.69. The molecule has 2 N–H and O–H groups in total. The van der Waals surface area contributed by atoms with Gasteiger partial charge in [-0.3, -0.25) is 0 Å². The minimum Gasteiger partial charge on any atom is -0.490 e. The van der Waals surface area contributed by atoms with Gasteiger partial charge in [0, 0.05) is 6.07 Å². The van der Waals surface area contributed by atoms with Gasteiger partial charge < -0.3 is 19.3 Å². The Kier molecular flexibility index (Phi) is 10.4. The van der Waals surface area contributed by atoms with Crippen LogP contribution in [0.5, 0.6) is 17.2 Å². The van der Waals surface area contributed by atoms with E-state index in [-0.39, 0.29) is 0 Å². The van der Waals surface area contributed by atoms with Crippen LogP contribution in [0.15, 0.2) is 115 Å². The van der Waals surface area contributed by atoms with E-state index in [0.29, 0.717) is 11.5 Å². The van der Waals surface area contributed by atoms with Gasteiger partial charge in [0.05, 0.1) is 6.54 Å². The molecule has 5 heteroatoms. The monoisotopic (exact) mass is 439 g/mol. The van der Waals surface area contributed by atoms with E-state index in [1.165, 1.54) is 0 Å². The quantitative estimate of drug-likeness (QED) is 0.149. The maximum absolute atomic E-state index is 6.11. The average molecular weight is 439 g/mol. The highest BCUT2D eigenvalue weighted by molar-refractivity contribution is 6.39. The molecule has 0 spiro atoms. The molecule has 168 valence electrons. The Hall–Kier alpha value is -3.70. The first-order chi connectivity index (χ1) is 16.3. The van der Waals surface area contributed by atoms with Gasteiger partial charge in [-0.2, -0.15) is 36.4 Å². The number of para-hydroxylation sites is 4. The molecule has 4 aromatic rings. The lowest BCUT2D eigenvalue weighted by Crippen LogP contribution is -2.78. The molecule has 0 heterocycles. The lowest BCUT2D eigenvalue weighted by Gasteiger charge is -2.17. The summed E-state index contributed by atoms with van der Waals surface area (Å²) in [4.78, 5) is 0. The maximum Gasteiger partial charge on any atom is 0.864 e. The first-order valence-corrected chi connectivity index (χ1v) is 11.3. The second kappa shape index (κ2) is 14.4. The number of hydrogen-bond acceptors (Lipinski definition) is 3. The molecule has 4 rings (SSSR count). The number of nitrogens with two attached hydrogens (primary N) is 1. The summed E-state index contributed by atoms with van der Waals surface area (Å²) in [6, 6.07) is 39.5. The molecule has 0 aromatic heterocycles. The van der Waals surface area contributed by atoms with Crippen molar-refractivity contribution in [2.24, 2.45) is 0 Å². The fourth-order valence-electron chi connectivity index (χ4n) is 2.96. The largest absolute Gasteiger partial charge is 0.864 e. The van der Waals surface area contributed by atoms with Crippen LogP contribution in [0.2, 0.25) is 0 Å². The third kappa shape index (κ3) is 9.13. The van der Waals surface area contributed by atoms with Crippen molar-refractivity contribution < 1.29 is 19.3 Å². The third-order valence-corrected chi connectivity index (χ3v) is 4.62. The summed E-state index contributed by atoms with van der Waals surface area (Å²) in [6.45, 7) is 3.20. The molecule has 4 aromatic carbocycles. The lowest BCUT2D eigenvalue weighted by molar-refractivity contribution is -0.572. The van der Waals surface area contributed by atoms with E-state index in [4.69, 9.17) is 14.0 Å². The molecule has 0 saturated carbocycles. The maximum atomic E-state index is 6.11. The molecule has 4 nitrogen and oxygen atoms in total. The number of rotatable bonds is 10. The molecule has 0 atom stereocenters. The average Bonchev–Trinajstić information content (AvgIpc) is 2.88. The SMILES string of the molecule is CCCC[NH2+]c1ccccc1OB(Oc1ccccc1)Oc1ccccc1.[c-]1ccccc1. The topological polar surface area (TPSA) is 44.3 Å². The fourth-order valence-corrected chi connectivity index (χ4v) is 2.96. The Morgan fingerprint density at radius 2 is 1.21 bits per heavy atom. The predicted molar refractivity (Wildman–Crippen MR) is 134 cm³/mol. The summed E-state index contributed by atoms with van der Waals surface area (Å²) < 4.78 is 18.0. The molecule has 33 heavy (non-hydrogen) atoms. The Labute approximate surface area is 197 Å². The normalized spacial score (nSPS) is 9.85. The first-order valence-electron chi connectivity index (χ1n) is 11.3. The van der Waals surface area contributed by atoms with E-state index < -0.39 is 7.32 Å². The van der Waals surface area contributed by atoms with E-state index in [1.54, 1.807) is 0 Å². The second-order valence-electron chi connectivity index (χ2n) is 7.23. The summed E-state index contributed by atoms with van der Waals surface area (Å²) in [5.74, 6) is 2.11. The highest BCUT2D eigenvalue weighted by Gasteiger charge is 2.31. The highest BCUT2D eigenvalue weighted by Crippen LogP contribution is 2.22. The van der Waals surface area contributed by atoms with Gasteiger partial charge in [-0.25, -0.2) is 0 Å². The summed E-state index contributed by atoms with van der Waals surface area (Å²) in [7, 11) is -0.893. The van der Waals surface area contributed by atoms with Crippen molar-refractivity contribution >= 4 is 13.0 Å². The van der Waals surface area contributed by atoms with Gasteiger partial charge in [-0.1, -0.05) is 61.9 Å². The van der Waals surface area contributed by atoms with Gasteiger partial charge in [0.25, 0.3) is 0 Å². The minimum absolute atomic E-state index is 0.686. The van der Waals surface area contributed by atoms with E-state index in [9.17, 15) is 0 Å². The van der Waals surface area contributed by atoms with Crippen molar-refractivity contribution in [3.63, 3.8) is 0 Å². The smallest absolute Gasteiger partial charge is 0.490 e. The van der Waals surface area contributed by atoms with E-state index in [2.05, 4.69) is 18.3 Å². The zero-order valence-corrected chi connectivity index (χ0v) is 19.0. The summed E-state index contributed by atoms with van der Waals surface area (Å²) in [6.07, 6.45) is 2.31. The molecule has 0 fully saturated rings. The molecule has 0 bridgehead atoms. The minimum atomic E-state index is -0.893. The van der Waals surface area contributed by atoms with Crippen molar-refractivity contribution in [2.45, 2.75) is 19.8 Å². The molecular formula is C28H30BNO3. The van der Waals surface area contributed by atoms with Crippen molar-refractivity contribution in [3.8, 4) is 17.2 Å². The Morgan fingerprint density at radius 3 is 1.73 bits per heavy atom. The van der Waals surface area contributed by atoms with Crippen LogP contribution in [-0.4, -0.2) is 13.9 Å². The molecule has 0 aliphatic heterocycles. The first kappa shape index (κ1) is 24.0. The van der Waals surface area contributed by atoms with Crippen LogP contribution < -0.4 is 19.3 Å². The summed E-state index contributed by atoms with van der Waals surface area (Å²) >= 11 is 0. The zero-order chi connectivity index (χ0) is 23.0. The standard InChI is InChI=1S/C22H24BNO3.C6H5/c1-2-3-18-24-21-16-10-11-17-22(21)27-23(25-19-12-6-4-7-13-19)26-20-14-8-5-9-15-20;1-2-4-6-5-3-1/h4-17,24H,2-3,18H2,1H3;1-5H/q;-1/p+1. The van der Waals surface area contributed by atoms with Gasteiger partial charge in [-0.05, 0) is 36.8 Å². The Bertz CT molecular complexity index is 949. The molecule has 0 radical (unpaired) electrons.